The minimum atomic E-state index is -0.414. The standard InChI is InChI=1S/C16H23N3OS/c1-12-14(21-11-18-12)7-9-19-10-8-17-16(19)15(20)13-5-3-2-4-6-13/h8,10-11,13,15,20H,2-7,9H2,1H3. The first-order chi connectivity index (χ1) is 10.3. The van der Waals surface area contributed by atoms with E-state index in [1.807, 2.05) is 11.7 Å². The molecule has 3 rings (SSSR count). The van der Waals surface area contributed by atoms with E-state index in [-0.39, 0.29) is 0 Å². The molecule has 2 aromatic heterocycles. The summed E-state index contributed by atoms with van der Waals surface area (Å²) >= 11 is 1.71. The smallest absolute Gasteiger partial charge is 0.137 e. The van der Waals surface area contributed by atoms with E-state index in [1.165, 1.54) is 24.1 Å². The first-order valence-corrected chi connectivity index (χ1v) is 8.71. The highest BCUT2D eigenvalue weighted by Crippen LogP contribution is 2.33. The Labute approximate surface area is 129 Å². The van der Waals surface area contributed by atoms with Crippen molar-refractivity contribution < 1.29 is 5.11 Å². The van der Waals surface area contributed by atoms with Crippen LogP contribution in [0.3, 0.4) is 0 Å². The summed E-state index contributed by atoms with van der Waals surface area (Å²) in [6.45, 7) is 2.92. The Morgan fingerprint density at radius 2 is 2.14 bits per heavy atom. The lowest BCUT2D eigenvalue weighted by molar-refractivity contribution is 0.0739. The molecule has 0 bridgehead atoms. The van der Waals surface area contributed by atoms with Crippen LogP contribution in [0.1, 0.15) is 54.6 Å². The van der Waals surface area contributed by atoms with Gasteiger partial charge in [-0.25, -0.2) is 9.97 Å². The van der Waals surface area contributed by atoms with Gasteiger partial charge in [0.15, 0.2) is 0 Å². The third kappa shape index (κ3) is 3.35. The van der Waals surface area contributed by atoms with Crippen LogP contribution >= 0.6 is 11.3 Å². The topological polar surface area (TPSA) is 50.9 Å². The Morgan fingerprint density at radius 1 is 1.33 bits per heavy atom. The fraction of sp³-hybridized carbons (Fsp3) is 0.625. The quantitative estimate of drug-likeness (QED) is 0.919. The maximum Gasteiger partial charge on any atom is 0.137 e. The van der Waals surface area contributed by atoms with Crippen LogP contribution in [-0.2, 0) is 13.0 Å². The lowest BCUT2D eigenvalue weighted by Gasteiger charge is -2.26. The Hall–Kier alpha value is -1.20. The molecule has 2 heterocycles. The molecular formula is C16H23N3OS. The molecule has 0 aromatic carbocycles. The number of rotatable bonds is 5. The van der Waals surface area contributed by atoms with Gasteiger partial charge >= 0.3 is 0 Å². The van der Waals surface area contributed by atoms with Crippen molar-refractivity contribution in [1.29, 1.82) is 0 Å². The monoisotopic (exact) mass is 305 g/mol. The van der Waals surface area contributed by atoms with E-state index < -0.39 is 6.10 Å². The fourth-order valence-corrected chi connectivity index (χ4v) is 4.00. The second-order valence-corrected chi connectivity index (χ2v) is 6.87. The Bertz CT molecular complexity index is 572. The molecule has 1 N–H and O–H groups in total. The summed E-state index contributed by atoms with van der Waals surface area (Å²) in [5.74, 6) is 1.22. The molecule has 5 heteroatoms. The molecule has 1 saturated carbocycles. The zero-order chi connectivity index (χ0) is 14.7. The third-order valence-corrected chi connectivity index (χ3v) is 5.53. The number of hydrogen-bond donors (Lipinski definition) is 1. The summed E-state index contributed by atoms with van der Waals surface area (Å²) in [7, 11) is 0. The highest BCUT2D eigenvalue weighted by molar-refractivity contribution is 7.09. The number of aryl methyl sites for hydroxylation is 3. The normalized spacial score (nSPS) is 18.0. The lowest BCUT2D eigenvalue weighted by atomic mass is 9.85. The zero-order valence-corrected chi connectivity index (χ0v) is 13.4. The highest BCUT2D eigenvalue weighted by Gasteiger charge is 2.26. The first-order valence-electron chi connectivity index (χ1n) is 7.84. The maximum absolute atomic E-state index is 10.6. The predicted molar refractivity (Wildman–Crippen MR) is 84.3 cm³/mol. The zero-order valence-electron chi connectivity index (χ0n) is 12.5. The summed E-state index contributed by atoms with van der Waals surface area (Å²) in [5, 5.41) is 10.6. The number of thiazole rings is 1. The molecule has 1 aliphatic carbocycles. The van der Waals surface area contributed by atoms with E-state index in [4.69, 9.17) is 0 Å². The van der Waals surface area contributed by atoms with Crippen molar-refractivity contribution in [2.24, 2.45) is 5.92 Å². The predicted octanol–water partition coefficient (Wildman–Crippen LogP) is 3.50. The van der Waals surface area contributed by atoms with Gasteiger partial charge in [0.05, 0.1) is 11.2 Å². The van der Waals surface area contributed by atoms with Crippen LogP contribution in [0.25, 0.3) is 0 Å². The Kier molecular flexibility index (Phi) is 4.70. The minimum absolute atomic E-state index is 0.380. The van der Waals surface area contributed by atoms with E-state index in [9.17, 15) is 5.11 Å². The SMILES string of the molecule is Cc1ncsc1CCn1ccnc1C(O)C1CCCCC1. The van der Waals surface area contributed by atoms with Crippen molar-refractivity contribution in [2.45, 2.75) is 58.1 Å². The molecule has 0 spiro atoms. The van der Waals surface area contributed by atoms with Crippen molar-refractivity contribution in [2.75, 3.05) is 0 Å². The van der Waals surface area contributed by atoms with E-state index in [1.54, 1.807) is 17.5 Å². The van der Waals surface area contributed by atoms with Gasteiger partial charge in [-0.3, -0.25) is 0 Å². The van der Waals surface area contributed by atoms with Crippen molar-refractivity contribution >= 4 is 11.3 Å². The van der Waals surface area contributed by atoms with Crippen LogP contribution < -0.4 is 0 Å². The molecule has 21 heavy (non-hydrogen) atoms. The first kappa shape index (κ1) is 14.7. The van der Waals surface area contributed by atoms with Gasteiger partial charge in [0.1, 0.15) is 11.9 Å². The van der Waals surface area contributed by atoms with Crippen molar-refractivity contribution in [3.05, 3.63) is 34.3 Å². The number of aliphatic hydroxyl groups excluding tert-OH is 1. The molecule has 1 unspecified atom stereocenters. The maximum atomic E-state index is 10.6. The van der Waals surface area contributed by atoms with Crippen molar-refractivity contribution in [1.82, 2.24) is 14.5 Å². The average molecular weight is 305 g/mol. The van der Waals surface area contributed by atoms with Crippen molar-refractivity contribution in [3.8, 4) is 0 Å². The third-order valence-electron chi connectivity index (χ3n) is 4.53. The molecule has 0 radical (unpaired) electrons. The van der Waals surface area contributed by atoms with Gasteiger partial charge in [0, 0.05) is 30.2 Å². The van der Waals surface area contributed by atoms with Crippen LogP contribution in [0, 0.1) is 12.8 Å². The summed E-state index contributed by atoms with van der Waals surface area (Å²) in [5.41, 5.74) is 3.02. The van der Waals surface area contributed by atoms with Crippen LogP contribution in [0.15, 0.2) is 17.9 Å². The summed E-state index contributed by atoms with van der Waals surface area (Å²) in [4.78, 5) is 10.0. The number of hydrogen-bond acceptors (Lipinski definition) is 4. The molecule has 0 amide bonds. The second kappa shape index (κ2) is 6.71. The molecule has 1 aliphatic rings. The Morgan fingerprint density at radius 3 is 2.86 bits per heavy atom. The van der Waals surface area contributed by atoms with Gasteiger partial charge in [-0.15, -0.1) is 11.3 Å². The number of imidazole rings is 1. The number of aliphatic hydroxyl groups is 1. The molecule has 1 atom stereocenters. The van der Waals surface area contributed by atoms with Gasteiger partial charge in [-0.2, -0.15) is 0 Å². The van der Waals surface area contributed by atoms with Gasteiger partial charge < -0.3 is 9.67 Å². The molecular weight excluding hydrogens is 282 g/mol. The van der Waals surface area contributed by atoms with Crippen LogP contribution in [0.5, 0.6) is 0 Å². The fourth-order valence-electron chi connectivity index (χ4n) is 3.22. The molecule has 2 aromatic rings. The summed E-state index contributed by atoms with van der Waals surface area (Å²) in [6.07, 6.45) is 10.4. The van der Waals surface area contributed by atoms with Gasteiger partial charge in [0.2, 0.25) is 0 Å². The summed E-state index contributed by atoms with van der Waals surface area (Å²) < 4.78 is 2.11. The molecule has 114 valence electrons. The second-order valence-electron chi connectivity index (χ2n) is 5.93. The molecule has 1 fully saturated rings. The van der Waals surface area contributed by atoms with Gasteiger partial charge in [0.25, 0.3) is 0 Å². The molecule has 0 saturated heterocycles. The Balaban J connectivity index is 1.67. The number of aromatic nitrogens is 3. The summed E-state index contributed by atoms with van der Waals surface area (Å²) in [6, 6.07) is 0. The van der Waals surface area contributed by atoms with E-state index >= 15 is 0 Å². The lowest BCUT2D eigenvalue weighted by Crippen LogP contribution is -2.20. The number of nitrogens with zero attached hydrogens (tertiary/aromatic N) is 3. The van der Waals surface area contributed by atoms with Crippen molar-refractivity contribution in [3.63, 3.8) is 0 Å². The molecule has 4 nitrogen and oxygen atoms in total. The average Bonchev–Trinajstić information content (AvgIpc) is 3.14. The van der Waals surface area contributed by atoms with E-state index in [2.05, 4.69) is 21.5 Å². The van der Waals surface area contributed by atoms with Gasteiger partial charge in [-0.1, -0.05) is 19.3 Å². The highest BCUT2D eigenvalue weighted by atomic mass is 32.1. The van der Waals surface area contributed by atoms with Gasteiger partial charge in [-0.05, 0) is 25.7 Å². The van der Waals surface area contributed by atoms with E-state index in [0.29, 0.717) is 5.92 Å². The minimum Gasteiger partial charge on any atom is -0.385 e. The van der Waals surface area contributed by atoms with Crippen LogP contribution in [0.4, 0.5) is 0 Å². The largest absolute Gasteiger partial charge is 0.385 e. The van der Waals surface area contributed by atoms with Crippen LogP contribution in [0.2, 0.25) is 0 Å². The van der Waals surface area contributed by atoms with Crippen LogP contribution in [-0.4, -0.2) is 19.6 Å². The van der Waals surface area contributed by atoms with E-state index in [0.717, 1.165) is 37.3 Å². The molecule has 0 aliphatic heterocycles.